The Bertz CT molecular complexity index is 743. The number of aromatic nitrogens is 2. The zero-order chi connectivity index (χ0) is 15.9. The molecule has 0 atom stereocenters. The second-order valence-corrected chi connectivity index (χ2v) is 6.75. The molecule has 120 valence electrons. The van der Waals surface area contributed by atoms with Crippen LogP contribution in [0.2, 0.25) is 0 Å². The normalized spacial score (nSPS) is 10.5. The van der Waals surface area contributed by atoms with Crippen LogP contribution in [0.3, 0.4) is 0 Å². The SMILES string of the molecule is Cc1cccc(C)c1-n1cc[n+](-c2c(C)cccc2C)c1I.[Cl-]. The molecule has 1 heterocycles. The molecule has 3 rings (SSSR count). The van der Waals surface area contributed by atoms with Crippen molar-refractivity contribution < 1.29 is 17.0 Å². The van der Waals surface area contributed by atoms with Gasteiger partial charge < -0.3 is 12.4 Å². The van der Waals surface area contributed by atoms with Crippen molar-refractivity contribution in [1.29, 1.82) is 0 Å². The molecule has 0 radical (unpaired) electrons. The lowest BCUT2D eigenvalue weighted by Crippen LogP contribution is -3.00. The van der Waals surface area contributed by atoms with Gasteiger partial charge in [0.15, 0.2) is 0 Å². The van der Waals surface area contributed by atoms with E-state index in [1.54, 1.807) is 0 Å². The summed E-state index contributed by atoms with van der Waals surface area (Å²) in [5, 5.41) is 0. The summed E-state index contributed by atoms with van der Waals surface area (Å²) >= 11 is 2.44. The molecule has 2 aromatic carbocycles. The average molecular weight is 439 g/mol. The van der Waals surface area contributed by atoms with E-state index < -0.39 is 0 Å². The predicted octanol–water partition coefficient (Wildman–Crippen LogP) is 1.60. The maximum Gasteiger partial charge on any atom is 0.327 e. The van der Waals surface area contributed by atoms with Crippen LogP contribution in [-0.4, -0.2) is 4.57 Å². The maximum atomic E-state index is 2.44. The Morgan fingerprint density at radius 2 is 1.30 bits per heavy atom. The van der Waals surface area contributed by atoms with Gasteiger partial charge in [-0.1, -0.05) is 36.4 Å². The molecule has 1 aromatic heterocycles. The van der Waals surface area contributed by atoms with Crippen LogP contribution in [0.4, 0.5) is 0 Å². The summed E-state index contributed by atoms with van der Waals surface area (Å²) in [6.07, 6.45) is 4.31. The zero-order valence-corrected chi connectivity index (χ0v) is 16.7. The lowest BCUT2D eigenvalue weighted by atomic mass is 10.1. The van der Waals surface area contributed by atoms with E-state index in [9.17, 15) is 0 Å². The fourth-order valence-corrected chi connectivity index (χ4v) is 3.88. The minimum atomic E-state index is 0. The summed E-state index contributed by atoms with van der Waals surface area (Å²) in [5.74, 6) is 0. The van der Waals surface area contributed by atoms with Crippen molar-refractivity contribution in [3.63, 3.8) is 0 Å². The van der Waals surface area contributed by atoms with Crippen LogP contribution >= 0.6 is 22.6 Å². The lowest BCUT2D eigenvalue weighted by Gasteiger charge is -2.08. The van der Waals surface area contributed by atoms with Crippen molar-refractivity contribution in [3.05, 3.63) is 74.9 Å². The number of hydrogen-bond donors (Lipinski definition) is 0. The molecule has 0 saturated heterocycles. The van der Waals surface area contributed by atoms with E-state index in [-0.39, 0.29) is 12.4 Å². The third kappa shape index (κ3) is 3.17. The second kappa shape index (κ2) is 7.05. The number of nitrogens with zero attached hydrogens (tertiary/aromatic N) is 2. The molecule has 0 unspecified atom stereocenters. The zero-order valence-electron chi connectivity index (χ0n) is 13.8. The number of halogens is 2. The number of hydrogen-bond acceptors (Lipinski definition) is 0. The van der Waals surface area contributed by atoms with E-state index in [1.807, 2.05) is 0 Å². The van der Waals surface area contributed by atoms with Crippen molar-refractivity contribution in [2.75, 3.05) is 0 Å². The van der Waals surface area contributed by atoms with Crippen molar-refractivity contribution in [2.24, 2.45) is 0 Å². The summed E-state index contributed by atoms with van der Waals surface area (Å²) in [4.78, 5) is 0. The monoisotopic (exact) mass is 438 g/mol. The van der Waals surface area contributed by atoms with Gasteiger partial charge in [0.25, 0.3) is 0 Å². The van der Waals surface area contributed by atoms with Crippen LogP contribution in [0.1, 0.15) is 22.3 Å². The molecule has 0 saturated carbocycles. The van der Waals surface area contributed by atoms with E-state index in [2.05, 4.69) is 108 Å². The summed E-state index contributed by atoms with van der Waals surface area (Å²) in [5.41, 5.74) is 7.72. The first-order valence-corrected chi connectivity index (χ1v) is 8.50. The molecule has 2 nitrogen and oxygen atoms in total. The number of imidazole rings is 1. The van der Waals surface area contributed by atoms with Gasteiger partial charge in [0.05, 0.1) is 22.6 Å². The first-order chi connectivity index (χ1) is 10.5. The number of rotatable bonds is 2. The Kier molecular flexibility index (Phi) is 5.53. The van der Waals surface area contributed by atoms with Crippen LogP contribution in [0.5, 0.6) is 0 Å². The van der Waals surface area contributed by atoms with Crippen molar-refractivity contribution in [2.45, 2.75) is 27.7 Å². The van der Waals surface area contributed by atoms with Gasteiger partial charge in [-0.25, -0.2) is 0 Å². The Morgan fingerprint density at radius 3 is 1.83 bits per heavy atom. The minimum absolute atomic E-state index is 0. The molecule has 0 aliphatic heterocycles. The third-order valence-corrected chi connectivity index (χ3v) is 5.16. The highest BCUT2D eigenvalue weighted by molar-refractivity contribution is 14.1. The summed E-state index contributed by atoms with van der Waals surface area (Å²) in [6, 6.07) is 12.9. The van der Waals surface area contributed by atoms with Crippen molar-refractivity contribution in [3.8, 4) is 11.4 Å². The van der Waals surface area contributed by atoms with Gasteiger partial charge >= 0.3 is 3.83 Å². The fraction of sp³-hybridized carbons (Fsp3) is 0.211. The first kappa shape index (κ1) is 18.0. The molecule has 0 aliphatic carbocycles. The smallest absolute Gasteiger partial charge is 0.327 e. The molecule has 0 amide bonds. The van der Waals surface area contributed by atoms with Crippen LogP contribution < -0.4 is 17.0 Å². The molecule has 0 N–H and O–H groups in total. The standard InChI is InChI=1S/C19H20IN2.ClH/c1-13-7-5-8-14(2)17(13)21-11-12-22(19(21)20)18-15(3)9-6-10-16(18)4;/h5-12H,1-4H3;1H/q+1;/p-1. The molecular formula is C19H20ClIN2. The highest BCUT2D eigenvalue weighted by atomic mass is 127. The molecule has 3 aromatic rings. The van der Waals surface area contributed by atoms with E-state index in [0.717, 1.165) is 0 Å². The maximum absolute atomic E-state index is 2.44. The molecule has 4 heteroatoms. The van der Waals surface area contributed by atoms with Crippen molar-refractivity contribution >= 4 is 22.6 Å². The lowest BCUT2D eigenvalue weighted by molar-refractivity contribution is -0.609. The van der Waals surface area contributed by atoms with Gasteiger partial charge in [-0.3, -0.25) is 0 Å². The van der Waals surface area contributed by atoms with E-state index in [0.29, 0.717) is 0 Å². The Labute approximate surface area is 157 Å². The topological polar surface area (TPSA) is 8.81 Å². The summed E-state index contributed by atoms with van der Waals surface area (Å²) in [7, 11) is 0. The molecule has 23 heavy (non-hydrogen) atoms. The van der Waals surface area contributed by atoms with Crippen LogP contribution in [0.15, 0.2) is 48.8 Å². The van der Waals surface area contributed by atoms with Crippen LogP contribution in [0.25, 0.3) is 11.4 Å². The molecule has 0 spiro atoms. The van der Waals surface area contributed by atoms with Gasteiger partial charge in [-0.2, -0.15) is 9.13 Å². The van der Waals surface area contributed by atoms with E-state index in [4.69, 9.17) is 0 Å². The quantitative estimate of drug-likeness (QED) is 0.425. The van der Waals surface area contributed by atoms with Crippen LogP contribution in [0, 0.1) is 31.5 Å². The van der Waals surface area contributed by atoms with E-state index in [1.165, 1.54) is 37.5 Å². The first-order valence-electron chi connectivity index (χ1n) is 7.42. The highest BCUT2D eigenvalue weighted by Gasteiger charge is 2.22. The van der Waals surface area contributed by atoms with Gasteiger partial charge in [0.1, 0.15) is 23.8 Å². The number of benzene rings is 2. The fourth-order valence-electron chi connectivity index (χ4n) is 3.08. The van der Waals surface area contributed by atoms with Gasteiger partial charge in [0.2, 0.25) is 0 Å². The molecule has 0 aliphatic rings. The third-order valence-electron chi connectivity index (χ3n) is 4.12. The number of para-hydroxylation sites is 2. The predicted molar refractivity (Wildman–Crippen MR) is 99.0 cm³/mol. The Hall–Kier alpha value is -1.33. The van der Waals surface area contributed by atoms with Gasteiger partial charge in [-0.15, -0.1) is 0 Å². The molecule has 0 bridgehead atoms. The summed E-state index contributed by atoms with van der Waals surface area (Å²) < 4.78 is 5.74. The Morgan fingerprint density at radius 1 is 0.826 bits per heavy atom. The Balaban J connectivity index is 0.00000192. The van der Waals surface area contributed by atoms with Crippen molar-refractivity contribution in [1.82, 2.24) is 4.57 Å². The summed E-state index contributed by atoms with van der Waals surface area (Å²) in [6.45, 7) is 8.67. The van der Waals surface area contributed by atoms with E-state index >= 15 is 0 Å². The largest absolute Gasteiger partial charge is 1.00 e. The number of aryl methyl sites for hydroxylation is 4. The second-order valence-electron chi connectivity index (χ2n) is 5.79. The average Bonchev–Trinajstić information content (AvgIpc) is 2.81. The molecular weight excluding hydrogens is 419 g/mol. The van der Waals surface area contributed by atoms with Gasteiger partial charge in [-0.05, 0) is 49.9 Å². The van der Waals surface area contributed by atoms with Gasteiger partial charge in [0, 0.05) is 0 Å². The molecule has 0 fully saturated rings. The highest BCUT2D eigenvalue weighted by Crippen LogP contribution is 2.22. The minimum Gasteiger partial charge on any atom is -1.00 e. The van der Waals surface area contributed by atoms with Crippen LogP contribution in [-0.2, 0) is 0 Å².